The van der Waals surface area contributed by atoms with Crippen molar-refractivity contribution < 1.29 is 19.1 Å². The van der Waals surface area contributed by atoms with Crippen LogP contribution in [0.25, 0.3) is 6.08 Å². The van der Waals surface area contributed by atoms with Gasteiger partial charge in [-0.3, -0.25) is 14.4 Å². The van der Waals surface area contributed by atoms with E-state index < -0.39 is 17.7 Å². The molecule has 0 bridgehead atoms. The summed E-state index contributed by atoms with van der Waals surface area (Å²) < 4.78 is 5.32. The Kier molecular flexibility index (Phi) is 6.10. The monoisotopic (exact) mass is 353 g/mol. The van der Waals surface area contributed by atoms with E-state index in [1.165, 1.54) is 12.1 Å². The summed E-state index contributed by atoms with van der Waals surface area (Å²) in [4.78, 5) is 34.7. The maximum Gasteiger partial charge on any atom is 0.250 e. The zero-order valence-corrected chi connectivity index (χ0v) is 14.2. The Morgan fingerprint density at radius 2 is 1.73 bits per heavy atom. The van der Waals surface area contributed by atoms with Crippen LogP contribution in [0.3, 0.4) is 0 Å². The Bertz CT molecular complexity index is 858. The average Bonchev–Trinajstić information content (AvgIpc) is 2.61. The molecule has 0 atom stereocenters. The number of carbonyl (C=O) groups excluding carboxylic acids is 3. The molecule has 0 saturated heterocycles. The van der Waals surface area contributed by atoms with Gasteiger partial charge in [-0.05, 0) is 48.9 Å². The highest BCUT2D eigenvalue weighted by Crippen LogP contribution is 2.22. The molecule has 0 unspecified atom stereocenters. The van der Waals surface area contributed by atoms with E-state index in [0.717, 1.165) is 0 Å². The number of amides is 3. The first-order valence-electron chi connectivity index (χ1n) is 7.86. The molecule has 0 spiro atoms. The predicted octanol–water partition coefficient (Wildman–Crippen LogP) is 1.94. The molecule has 7 heteroatoms. The minimum Gasteiger partial charge on any atom is -0.494 e. The van der Waals surface area contributed by atoms with Crippen molar-refractivity contribution in [2.75, 3.05) is 11.9 Å². The number of primary amides is 2. The molecule has 2 aromatic carbocycles. The van der Waals surface area contributed by atoms with Crippen LogP contribution in [0.1, 0.15) is 33.2 Å². The lowest BCUT2D eigenvalue weighted by Gasteiger charge is -2.10. The average molecular weight is 353 g/mol. The van der Waals surface area contributed by atoms with Crippen molar-refractivity contribution in [1.82, 2.24) is 0 Å². The molecule has 0 aliphatic heterocycles. The van der Waals surface area contributed by atoms with Gasteiger partial charge in [0.15, 0.2) is 0 Å². The minimum absolute atomic E-state index is 0.156. The van der Waals surface area contributed by atoms with Crippen molar-refractivity contribution in [2.45, 2.75) is 6.92 Å². The van der Waals surface area contributed by atoms with Gasteiger partial charge in [0.25, 0.3) is 5.91 Å². The molecule has 2 aromatic rings. The zero-order chi connectivity index (χ0) is 19.1. The van der Waals surface area contributed by atoms with Gasteiger partial charge in [-0.25, -0.2) is 0 Å². The number of nitrogens with one attached hydrogen (secondary N) is 1. The highest BCUT2D eigenvalue weighted by atomic mass is 16.5. The van der Waals surface area contributed by atoms with Crippen LogP contribution in [0.15, 0.2) is 48.5 Å². The lowest BCUT2D eigenvalue weighted by molar-refractivity contribution is -0.111. The number of benzene rings is 2. The molecule has 3 amide bonds. The number of rotatable bonds is 7. The van der Waals surface area contributed by atoms with E-state index >= 15 is 0 Å². The molecule has 0 fully saturated rings. The predicted molar refractivity (Wildman–Crippen MR) is 98.8 cm³/mol. The lowest BCUT2D eigenvalue weighted by atomic mass is 10.1. The number of anilines is 1. The van der Waals surface area contributed by atoms with Gasteiger partial charge in [0.05, 0.1) is 17.9 Å². The number of ether oxygens (including phenoxy) is 1. The quantitative estimate of drug-likeness (QED) is 0.658. The van der Waals surface area contributed by atoms with E-state index in [1.54, 1.807) is 42.5 Å². The molecule has 0 aliphatic rings. The summed E-state index contributed by atoms with van der Waals surface area (Å²) in [5.74, 6) is -1.14. The highest BCUT2D eigenvalue weighted by molar-refractivity contribution is 6.07. The highest BCUT2D eigenvalue weighted by Gasteiger charge is 2.11. The summed E-state index contributed by atoms with van der Waals surface area (Å²) in [5, 5.41) is 2.60. The summed E-state index contributed by atoms with van der Waals surface area (Å²) in [6, 6.07) is 11.1. The van der Waals surface area contributed by atoms with E-state index in [1.807, 2.05) is 6.92 Å². The SMILES string of the molecule is CCOc1ccc(NC(=O)/C=C/c2ccc(C(N)=O)cc2)c(C(N)=O)c1. The first-order valence-corrected chi connectivity index (χ1v) is 7.86. The van der Waals surface area contributed by atoms with Gasteiger partial charge in [0, 0.05) is 11.6 Å². The Morgan fingerprint density at radius 1 is 1.04 bits per heavy atom. The van der Waals surface area contributed by atoms with E-state index in [2.05, 4.69) is 5.32 Å². The van der Waals surface area contributed by atoms with Gasteiger partial charge < -0.3 is 21.5 Å². The van der Waals surface area contributed by atoms with Crippen LogP contribution in [-0.2, 0) is 4.79 Å². The summed E-state index contributed by atoms with van der Waals surface area (Å²) >= 11 is 0. The third-order valence-electron chi connectivity index (χ3n) is 3.45. The van der Waals surface area contributed by atoms with Crippen LogP contribution in [-0.4, -0.2) is 24.3 Å². The molecule has 5 N–H and O–H groups in total. The number of hydrogen-bond acceptors (Lipinski definition) is 4. The first kappa shape index (κ1) is 18.7. The van der Waals surface area contributed by atoms with Crippen molar-refractivity contribution in [2.24, 2.45) is 11.5 Å². The molecule has 0 saturated carbocycles. The van der Waals surface area contributed by atoms with Crippen LogP contribution in [0.4, 0.5) is 5.69 Å². The third-order valence-corrected chi connectivity index (χ3v) is 3.45. The summed E-state index contributed by atoms with van der Waals surface area (Å²) in [5.41, 5.74) is 12.1. The number of carbonyl (C=O) groups is 3. The van der Waals surface area contributed by atoms with Crippen LogP contribution in [0, 0.1) is 0 Å². The van der Waals surface area contributed by atoms with E-state index in [-0.39, 0.29) is 5.56 Å². The van der Waals surface area contributed by atoms with E-state index in [0.29, 0.717) is 29.2 Å². The minimum atomic E-state index is -0.673. The topological polar surface area (TPSA) is 125 Å². The summed E-state index contributed by atoms with van der Waals surface area (Å²) in [6.07, 6.45) is 2.87. The maximum absolute atomic E-state index is 12.1. The number of nitrogens with two attached hydrogens (primary N) is 2. The fourth-order valence-electron chi connectivity index (χ4n) is 2.20. The molecule has 2 rings (SSSR count). The Morgan fingerprint density at radius 3 is 2.31 bits per heavy atom. The fourth-order valence-corrected chi connectivity index (χ4v) is 2.20. The van der Waals surface area contributed by atoms with Gasteiger partial charge in [0.2, 0.25) is 11.8 Å². The molecule has 0 heterocycles. The lowest BCUT2D eigenvalue weighted by Crippen LogP contribution is -2.17. The molecule has 134 valence electrons. The van der Waals surface area contributed by atoms with Crippen molar-refractivity contribution in [1.29, 1.82) is 0 Å². The van der Waals surface area contributed by atoms with Crippen molar-refractivity contribution >= 4 is 29.5 Å². The molecule has 0 radical (unpaired) electrons. The summed E-state index contributed by atoms with van der Waals surface area (Å²) in [6.45, 7) is 2.27. The van der Waals surface area contributed by atoms with E-state index in [9.17, 15) is 14.4 Å². The van der Waals surface area contributed by atoms with Gasteiger partial charge in [-0.1, -0.05) is 12.1 Å². The van der Waals surface area contributed by atoms with Gasteiger partial charge in [0.1, 0.15) is 5.75 Å². The zero-order valence-electron chi connectivity index (χ0n) is 14.2. The molecular formula is C19H19N3O4. The second-order valence-electron chi connectivity index (χ2n) is 5.31. The van der Waals surface area contributed by atoms with Crippen molar-refractivity contribution in [3.8, 4) is 5.75 Å². The van der Waals surface area contributed by atoms with Crippen molar-refractivity contribution in [3.05, 3.63) is 65.2 Å². The van der Waals surface area contributed by atoms with Crippen LogP contribution >= 0.6 is 0 Å². The maximum atomic E-state index is 12.1. The molecule has 0 aliphatic carbocycles. The van der Waals surface area contributed by atoms with Crippen LogP contribution < -0.4 is 21.5 Å². The third kappa shape index (κ3) is 4.94. The molecular weight excluding hydrogens is 334 g/mol. The molecule has 26 heavy (non-hydrogen) atoms. The van der Waals surface area contributed by atoms with E-state index in [4.69, 9.17) is 16.2 Å². The van der Waals surface area contributed by atoms with Crippen molar-refractivity contribution in [3.63, 3.8) is 0 Å². The first-order chi connectivity index (χ1) is 12.4. The Hall–Kier alpha value is -3.61. The second kappa shape index (κ2) is 8.48. The molecule has 0 aromatic heterocycles. The smallest absolute Gasteiger partial charge is 0.250 e. The number of hydrogen-bond donors (Lipinski definition) is 3. The van der Waals surface area contributed by atoms with Gasteiger partial charge in [-0.2, -0.15) is 0 Å². The fraction of sp³-hybridized carbons (Fsp3) is 0.105. The normalized spacial score (nSPS) is 10.5. The Balaban J connectivity index is 2.11. The molecule has 7 nitrogen and oxygen atoms in total. The standard InChI is InChI=1S/C19H19N3O4/c1-2-26-14-8-9-16(15(11-14)19(21)25)22-17(23)10-5-12-3-6-13(7-4-12)18(20)24/h3-11H,2H2,1H3,(H2,20,24)(H2,21,25)(H,22,23)/b10-5+. The van der Waals surface area contributed by atoms with Crippen LogP contribution in [0.2, 0.25) is 0 Å². The Labute approximate surface area is 150 Å². The largest absolute Gasteiger partial charge is 0.494 e. The van der Waals surface area contributed by atoms with Gasteiger partial charge in [-0.15, -0.1) is 0 Å². The van der Waals surface area contributed by atoms with Crippen LogP contribution in [0.5, 0.6) is 5.75 Å². The second-order valence-corrected chi connectivity index (χ2v) is 5.31. The van der Waals surface area contributed by atoms with Gasteiger partial charge >= 0.3 is 0 Å². The summed E-state index contributed by atoms with van der Waals surface area (Å²) in [7, 11) is 0.